The number of halogens is 1. The first-order chi connectivity index (χ1) is 15.3. The second-order valence-electron chi connectivity index (χ2n) is 7.31. The molecule has 3 aromatic rings. The van der Waals surface area contributed by atoms with Crippen molar-refractivity contribution in [1.82, 2.24) is 9.47 Å². The summed E-state index contributed by atoms with van der Waals surface area (Å²) in [5.74, 6) is -0.337. The predicted molar refractivity (Wildman–Crippen MR) is 125 cm³/mol. The fourth-order valence-electron chi connectivity index (χ4n) is 3.65. The molecule has 0 spiro atoms. The minimum atomic E-state index is -0.524. The van der Waals surface area contributed by atoms with Gasteiger partial charge in [-0.1, -0.05) is 41.9 Å². The standard InChI is InChI=1S/C23H18ClN3O4S/c1-14-10-17(15(2)26(14)18-8-9-19(24)20(12-18)27(30)31)11-21-22(28)25(23(29)32-21)13-16-6-4-3-5-7-16/h3-12H,13H2,1-2H3/b21-11-. The maximum absolute atomic E-state index is 12.9. The topological polar surface area (TPSA) is 85.5 Å². The second-order valence-corrected chi connectivity index (χ2v) is 8.71. The van der Waals surface area contributed by atoms with Gasteiger partial charge in [0.25, 0.3) is 16.8 Å². The Hall–Kier alpha value is -3.36. The highest BCUT2D eigenvalue weighted by Gasteiger charge is 2.35. The molecule has 4 rings (SSSR count). The average Bonchev–Trinajstić information content (AvgIpc) is 3.18. The van der Waals surface area contributed by atoms with E-state index in [9.17, 15) is 19.7 Å². The molecule has 2 amide bonds. The molecule has 0 unspecified atom stereocenters. The van der Waals surface area contributed by atoms with E-state index in [0.29, 0.717) is 10.6 Å². The highest BCUT2D eigenvalue weighted by Crippen LogP contribution is 2.35. The number of aryl methyl sites for hydroxylation is 1. The zero-order valence-electron chi connectivity index (χ0n) is 17.2. The lowest BCUT2D eigenvalue weighted by atomic mass is 10.2. The second kappa shape index (κ2) is 8.64. The summed E-state index contributed by atoms with van der Waals surface area (Å²) in [6.07, 6.45) is 1.69. The van der Waals surface area contributed by atoms with Gasteiger partial charge in [-0.3, -0.25) is 24.6 Å². The van der Waals surface area contributed by atoms with Gasteiger partial charge >= 0.3 is 0 Å². The van der Waals surface area contributed by atoms with E-state index >= 15 is 0 Å². The number of nitrogens with zero attached hydrogens (tertiary/aromatic N) is 3. The number of carbonyl (C=O) groups is 2. The van der Waals surface area contributed by atoms with Gasteiger partial charge in [-0.05, 0) is 61.0 Å². The Morgan fingerprint density at radius 1 is 1.09 bits per heavy atom. The van der Waals surface area contributed by atoms with Crippen LogP contribution in [0.4, 0.5) is 10.5 Å². The lowest BCUT2D eigenvalue weighted by Crippen LogP contribution is -2.27. The van der Waals surface area contributed by atoms with Crippen molar-refractivity contribution in [1.29, 1.82) is 0 Å². The third kappa shape index (κ3) is 4.06. The molecule has 1 aliphatic rings. The van der Waals surface area contributed by atoms with Crippen LogP contribution >= 0.6 is 23.4 Å². The quantitative estimate of drug-likeness (QED) is 0.265. The van der Waals surface area contributed by atoms with Gasteiger partial charge in [0.1, 0.15) is 5.02 Å². The maximum atomic E-state index is 12.9. The molecule has 1 aliphatic heterocycles. The van der Waals surface area contributed by atoms with Crippen LogP contribution in [0.25, 0.3) is 11.8 Å². The number of nitro groups is 1. The number of carbonyl (C=O) groups excluding carboxylic acids is 2. The largest absolute Gasteiger partial charge is 0.318 e. The minimum Gasteiger partial charge on any atom is -0.318 e. The number of benzene rings is 2. The highest BCUT2D eigenvalue weighted by atomic mass is 35.5. The van der Waals surface area contributed by atoms with Crippen molar-refractivity contribution < 1.29 is 14.5 Å². The van der Waals surface area contributed by atoms with Crippen LogP contribution < -0.4 is 0 Å². The third-order valence-corrected chi connectivity index (χ3v) is 6.43. The van der Waals surface area contributed by atoms with Crippen LogP contribution in [-0.2, 0) is 11.3 Å². The SMILES string of the molecule is Cc1cc(/C=C2\SC(=O)N(Cc3ccccc3)C2=O)c(C)n1-c1ccc(Cl)c([N+](=O)[O-])c1. The Morgan fingerprint density at radius 2 is 1.81 bits per heavy atom. The Kier molecular flexibility index (Phi) is 5.90. The molecule has 0 bridgehead atoms. The Bertz CT molecular complexity index is 1280. The van der Waals surface area contributed by atoms with E-state index in [-0.39, 0.29) is 28.4 Å². The molecular weight excluding hydrogens is 450 g/mol. The summed E-state index contributed by atoms with van der Waals surface area (Å²) in [7, 11) is 0. The molecule has 2 heterocycles. The minimum absolute atomic E-state index is 0.0634. The Labute approximate surface area is 193 Å². The molecule has 1 saturated heterocycles. The van der Waals surface area contributed by atoms with E-state index in [2.05, 4.69) is 0 Å². The zero-order chi connectivity index (χ0) is 23.0. The van der Waals surface area contributed by atoms with Gasteiger partial charge in [0, 0.05) is 17.5 Å². The Morgan fingerprint density at radius 3 is 2.50 bits per heavy atom. The van der Waals surface area contributed by atoms with Crippen LogP contribution in [0.2, 0.25) is 5.02 Å². The van der Waals surface area contributed by atoms with E-state index in [1.165, 1.54) is 17.0 Å². The molecule has 0 N–H and O–H groups in total. The molecule has 0 atom stereocenters. The summed E-state index contributed by atoms with van der Waals surface area (Å²) in [6.45, 7) is 3.94. The Balaban J connectivity index is 1.66. The van der Waals surface area contributed by atoms with Gasteiger partial charge in [-0.25, -0.2) is 0 Å². The summed E-state index contributed by atoms with van der Waals surface area (Å²) in [4.78, 5) is 37.6. The molecule has 9 heteroatoms. The van der Waals surface area contributed by atoms with E-state index in [1.807, 2.05) is 54.8 Å². The molecule has 1 aromatic heterocycles. The van der Waals surface area contributed by atoms with E-state index in [0.717, 1.165) is 34.3 Å². The smallest absolute Gasteiger partial charge is 0.293 e. The molecule has 162 valence electrons. The monoisotopic (exact) mass is 467 g/mol. The first kappa shape index (κ1) is 21.9. The van der Waals surface area contributed by atoms with Crippen molar-refractivity contribution in [3.63, 3.8) is 0 Å². The highest BCUT2D eigenvalue weighted by molar-refractivity contribution is 8.18. The van der Waals surface area contributed by atoms with Crippen LogP contribution in [0, 0.1) is 24.0 Å². The number of hydrogen-bond donors (Lipinski definition) is 0. The summed E-state index contributed by atoms with van der Waals surface area (Å²) in [5.41, 5.74) is 3.65. The molecule has 32 heavy (non-hydrogen) atoms. The number of amides is 2. The van der Waals surface area contributed by atoms with E-state index < -0.39 is 4.92 Å². The van der Waals surface area contributed by atoms with Crippen LogP contribution in [0.15, 0.2) is 59.5 Å². The number of thioether (sulfide) groups is 1. The molecule has 0 saturated carbocycles. The van der Waals surface area contributed by atoms with Crippen molar-refractivity contribution in [3.8, 4) is 5.69 Å². The van der Waals surface area contributed by atoms with Crippen LogP contribution in [0.1, 0.15) is 22.5 Å². The molecule has 2 aromatic carbocycles. The van der Waals surface area contributed by atoms with Crippen LogP contribution in [-0.4, -0.2) is 25.5 Å². The third-order valence-electron chi connectivity index (χ3n) is 5.20. The van der Waals surface area contributed by atoms with Gasteiger partial charge in [0.15, 0.2) is 0 Å². The van der Waals surface area contributed by atoms with Crippen molar-refractivity contribution >= 4 is 46.3 Å². The normalized spacial score (nSPS) is 15.1. The van der Waals surface area contributed by atoms with E-state index in [1.54, 1.807) is 12.1 Å². The predicted octanol–water partition coefficient (Wildman–Crippen LogP) is 5.89. The van der Waals surface area contributed by atoms with E-state index in [4.69, 9.17) is 11.6 Å². The van der Waals surface area contributed by atoms with Crippen molar-refractivity contribution in [2.24, 2.45) is 0 Å². The van der Waals surface area contributed by atoms with Gasteiger partial charge in [-0.15, -0.1) is 0 Å². The molecule has 7 nitrogen and oxygen atoms in total. The van der Waals surface area contributed by atoms with Crippen LogP contribution in [0.3, 0.4) is 0 Å². The number of rotatable bonds is 5. The lowest BCUT2D eigenvalue weighted by Gasteiger charge is -2.12. The van der Waals surface area contributed by atoms with Crippen molar-refractivity contribution in [3.05, 3.63) is 97.2 Å². The first-order valence-electron chi connectivity index (χ1n) is 9.69. The van der Waals surface area contributed by atoms with Gasteiger partial charge in [-0.2, -0.15) is 0 Å². The van der Waals surface area contributed by atoms with Gasteiger partial charge < -0.3 is 4.57 Å². The molecular formula is C23H18ClN3O4S. The number of imide groups is 1. The fourth-order valence-corrected chi connectivity index (χ4v) is 4.67. The van der Waals surface area contributed by atoms with Crippen LogP contribution in [0.5, 0.6) is 0 Å². The molecule has 0 radical (unpaired) electrons. The van der Waals surface area contributed by atoms with Crippen molar-refractivity contribution in [2.45, 2.75) is 20.4 Å². The summed E-state index contributed by atoms with van der Waals surface area (Å²) < 4.78 is 1.85. The number of nitro benzene ring substituents is 1. The first-order valence-corrected chi connectivity index (χ1v) is 10.9. The summed E-state index contributed by atoms with van der Waals surface area (Å²) in [5, 5.41) is 11.0. The fraction of sp³-hybridized carbons (Fsp3) is 0.130. The molecule has 1 fully saturated rings. The van der Waals surface area contributed by atoms with Gasteiger partial charge in [0.05, 0.1) is 22.1 Å². The maximum Gasteiger partial charge on any atom is 0.293 e. The lowest BCUT2D eigenvalue weighted by molar-refractivity contribution is -0.384. The average molecular weight is 468 g/mol. The summed E-state index contributed by atoms with van der Waals surface area (Å²) in [6, 6.07) is 15.8. The van der Waals surface area contributed by atoms with Crippen molar-refractivity contribution in [2.75, 3.05) is 0 Å². The summed E-state index contributed by atoms with van der Waals surface area (Å²) >= 11 is 6.85. The number of hydrogen-bond acceptors (Lipinski definition) is 5. The van der Waals surface area contributed by atoms with Gasteiger partial charge in [0.2, 0.25) is 0 Å². The number of aromatic nitrogens is 1. The zero-order valence-corrected chi connectivity index (χ0v) is 18.8. The molecule has 0 aliphatic carbocycles.